The van der Waals surface area contributed by atoms with E-state index < -0.39 is 6.04 Å². The highest BCUT2D eigenvalue weighted by molar-refractivity contribution is 5.95. The Morgan fingerprint density at radius 1 is 1.15 bits per heavy atom. The normalized spacial score (nSPS) is 15.7. The van der Waals surface area contributed by atoms with Crippen LogP contribution < -0.4 is 21.7 Å². The molecular formula is C17H29Cl2N5O3. The minimum absolute atomic E-state index is 0. The zero-order chi connectivity index (χ0) is 18.2. The number of methoxy groups -OCH3 is 1. The highest BCUT2D eigenvalue weighted by Gasteiger charge is 2.18. The topological polar surface area (TPSA) is 109 Å². The van der Waals surface area contributed by atoms with Crippen LogP contribution in [-0.4, -0.2) is 62.8 Å². The first kappa shape index (κ1) is 25.4. The van der Waals surface area contributed by atoms with Crippen molar-refractivity contribution in [1.82, 2.24) is 10.2 Å². The highest BCUT2D eigenvalue weighted by atomic mass is 35.5. The molecule has 0 spiro atoms. The molecule has 0 aliphatic carbocycles. The van der Waals surface area contributed by atoms with Crippen molar-refractivity contribution in [3.63, 3.8) is 0 Å². The summed E-state index contributed by atoms with van der Waals surface area (Å²) in [4.78, 5) is 26.1. The zero-order valence-corrected chi connectivity index (χ0v) is 17.2. The van der Waals surface area contributed by atoms with Gasteiger partial charge in [0.15, 0.2) is 0 Å². The molecule has 0 bridgehead atoms. The number of carbonyl (C=O) groups is 2. The van der Waals surface area contributed by atoms with E-state index in [0.717, 1.165) is 25.9 Å². The number of halogens is 2. The van der Waals surface area contributed by atoms with Crippen molar-refractivity contribution in [2.75, 3.05) is 44.5 Å². The predicted octanol–water partition coefficient (Wildman–Crippen LogP) is 1.66. The van der Waals surface area contributed by atoms with Crippen LogP contribution in [0, 0.1) is 0 Å². The Morgan fingerprint density at radius 2 is 1.67 bits per heavy atom. The van der Waals surface area contributed by atoms with Gasteiger partial charge in [-0.2, -0.15) is 0 Å². The number of benzene rings is 1. The smallest absolute Gasteiger partial charge is 0.319 e. The first-order valence-electron chi connectivity index (χ1n) is 8.39. The average molecular weight is 422 g/mol. The lowest BCUT2D eigenvalue weighted by molar-refractivity contribution is -0.118. The standard InChI is InChI=1S/C17H27N5O3.2ClH/c1-22-9-7-14(8-10-22)21-17(24)20-13-5-3-12(4-6-13)19-16(23)15(18)11-25-2;;/h3-6,14-15H,7-11,18H2,1-2H3,(H,19,23)(H2,20,21,24);2*1H. The molecule has 0 saturated carbocycles. The van der Waals surface area contributed by atoms with Crippen LogP contribution in [0.2, 0.25) is 0 Å². The lowest BCUT2D eigenvalue weighted by Gasteiger charge is -2.29. The maximum absolute atomic E-state index is 12.1. The summed E-state index contributed by atoms with van der Waals surface area (Å²) in [5.74, 6) is -0.317. The van der Waals surface area contributed by atoms with Gasteiger partial charge < -0.3 is 31.3 Å². The molecule has 5 N–H and O–H groups in total. The van der Waals surface area contributed by atoms with Crippen LogP contribution in [0.3, 0.4) is 0 Å². The quantitative estimate of drug-likeness (QED) is 0.558. The van der Waals surface area contributed by atoms with E-state index in [9.17, 15) is 9.59 Å². The van der Waals surface area contributed by atoms with Crippen molar-refractivity contribution in [2.45, 2.75) is 24.9 Å². The molecule has 1 aliphatic rings. The van der Waals surface area contributed by atoms with Crippen molar-refractivity contribution in [2.24, 2.45) is 5.73 Å². The molecule has 27 heavy (non-hydrogen) atoms. The molecular weight excluding hydrogens is 393 g/mol. The predicted molar refractivity (Wildman–Crippen MR) is 112 cm³/mol. The lowest BCUT2D eigenvalue weighted by Crippen LogP contribution is -2.44. The van der Waals surface area contributed by atoms with Gasteiger partial charge in [-0.1, -0.05) is 0 Å². The van der Waals surface area contributed by atoms with E-state index in [2.05, 4.69) is 27.9 Å². The summed E-state index contributed by atoms with van der Waals surface area (Å²) in [6.45, 7) is 2.14. The van der Waals surface area contributed by atoms with Gasteiger partial charge in [-0.15, -0.1) is 24.8 Å². The molecule has 1 aromatic rings. The number of rotatable bonds is 6. The Kier molecular flexibility index (Phi) is 12.0. The Bertz CT molecular complexity index is 580. The van der Waals surface area contributed by atoms with Crippen molar-refractivity contribution in [3.8, 4) is 0 Å². The summed E-state index contributed by atoms with van der Waals surface area (Å²) in [5.41, 5.74) is 6.93. The van der Waals surface area contributed by atoms with Gasteiger partial charge in [0.25, 0.3) is 0 Å². The van der Waals surface area contributed by atoms with E-state index in [0.29, 0.717) is 11.4 Å². The molecule has 1 fully saturated rings. The largest absolute Gasteiger partial charge is 0.383 e. The fourth-order valence-electron chi connectivity index (χ4n) is 2.63. The number of nitrogens with one attached hydrogen (secondary N) is 3. The second kappa shape index (κ2) is 12.7. The number of urea groups is 1. The fourth-order valence-corrected chi connectivity index (χ4v) is 2.63. The fraction of sp³-hybridized carbons (Fsp3) is 0.529. The van der Waals surface area contributed by atoms with Crippen LogP contribution >= 0.6 is 24.8 Å². The first-order chi connectivity index (χ1) is 12.0. The molecule has 1 saturated heterocycles. The van der Waals surface area contributed by atoms with Crippen LogP contribution in [0.5, 0.6) is 0 Å². The highest BCUT2D eigenvalue weighted by Crippen LogP contribution is 2.14. The van der Waals surface area contributed by atoms with Gasteiger partial charge in [-0.3, -0.25) is 4.79 Å². The van der Waals surface area contributed by atoms with E-state index in [4.69, 9.17) is 10.5 Å². The number of hydrogen-bond donors (Lipinski definition) is 4. The van der Waals surface area contributed by atoms with Gasteiger partial charge in [-0.25, -0.2) is 4.79 Å². The van der Waals surface area contributed by atoms with E-state index in [1.807, 2.05) is 0 Å². The Morgan fingerprint density at radius 3 is 2.19 bits per heavy atom. The van der Waals surface area contributed by atoms with Crippen LogP contribution in [0.15, 0.2) is 24.3 Å². The molecule has 1 aliphatic heterocycles. The molecule has 3 amide bonds. The third-order valence-corrected chi connectivity index (χ3v) is 4.15. The number of ether oxygens (including phenoxy) is 1. The van der Waals surface area contributed by atoms with Crippen LogP contribution in [-0.2, 0) is 9.53 Å². The Balaban J connectivity index is 0.00000338. The monoisotopic (exact) mass is 421 g/mol. The van der Waals surface area contributed by atoms with Crippen LogP contribution in [0.25, 0.3) is 0 Å². The SMILES string of the molecule is COCC(N)C(=O)Nc1ccc(NC(=O)NC2CCN(C)CC2)cc1.Cl.Cl. The third kappa shape index (κ3) is 8.77. The lowest BCUT2D eigenvalue weighted by atomic mass is 10.1. The van der Waals surface area contributed by atoms with Crippen molar-refractivity contribution in [3.05, 3.63) is 24.3 Å². The minimum atomic E-state index is -0.719. The van der Waals surface area contributed by atoms with E-state index in [1.54, 1.807) is 24.3 Å². The molecule has 1 aromatic carbocycles. The van der Waals surface area contributed by atoms with E-state index >= 15 is 0 Å². The molecule has 1 heterocycles. The number of carbonyl (C=O) groups excluding carboxylic acids is 2. The Hall–Kier alpha value is -1.58. The maximum Gasteiger partial charge on any atom is 0.319 e. The summed E-state index contributed by atoms with van der Waals surface area (Å²) in [6, 6.07) is 6.15. The zero-order valence-electron chi connectivity index (χ0n) is 15.6. The number of nitrogens with two attached hydrogens (primary N) is 1. The average Bonchev–Trinajstić information content (AvgIpc) is 2.59. The second-order valence-electron chi connectivity index (χ2n) is 6.30. The number of anilines is 2. The summed E-state index contributed by atoms with van der Waals surface area (Å²) in [7, 11) is 3.57. The van der Waals surface area contributed by atoms with Gasteiger partial charge in [0.1, 0.15) is 6.04 Å². The van der Waals surface area contributed by atoms with Gasteiger partial charge in [0.05, 0.1) is 6.61 Å². The maximum atomic E-state index is 12.1. The van der Waals surface area contributed by atoms with E-state index in [1.165, 1.54) is 7.11 Å². The number of nitrogens with zero attached hydrogens (tertiary/aromatic N) is 1. The van der Waals surface area contributed by atoms with E-state index in [-0.39, 0.29) is 49.4 Å². The summed E-state index contributed by atoms with van der Waals surface area (Å²) in [6.07, 6.45) is 1.91. The molecule has 10 heteroatoms. The third-order valence-electron chi connectivity index (χ3n) is 4.15. The minimum Gasteiger partial charge on any atom is -0.383 e. The number of hydrogen-bond acceptors (Lipinski definition) is 5. The second-order valence-corrected chi connectivity index (χ2v) is 6.30. The Labute approximate surface area is 172 Å². The van der Waals surface area contributed by atoms with Gasteiger partial charge in [0.2, 0.25) is 5.91 Å². The number of piperidine rings is 1. The first-order valence-corrected chi connectivity index (χ1v) is 8.39. The van der Waals surface area contributed by atoms with Gasteiger partial charge in [-0.05, 0) is 57.2 Å². The summed E-state index contributed by atoms with van der Waals surface area (Å²) in [5, 5.41) is 8.49. The molecule has 154 valence electrons. The van der Waals surface area contributed by atoms with Crippen molar-refractivity contribution < 1.29 is 14.3 Å². The number of amides is 3. The summed E-state index contributed by atoms with van der Waals surface area (Å²) >= 11 is 0. The summed E-state index contributed by atoms with van der Waals surface area (Å²) < 4.78 is 4.85. The molecule has 0 radical (unpaired) electrons. The molecule has 8 nitrogen and oxygen atoms in total. The van der Waals surface area contributed by atoms with Crippen LogP contribution in [0.4, 0.5) is 16.2 Å². The van der Waals surface area contributed by atoms with Crippen LogP contribution in [0.1, 0.15) is 12.8 Å². The molecule has 1 atom stereocenters. The van der Waals surface area contributed by atoms with Crippen molar-refractivity contribution in [1.29, 1.82) is 0 Å². The number of likely N-dealkylation sites (tertiary alicyclic amines) is 1. The molecule has 1 unspecified atom stereocenters. The van der Waals surface area contributed by atoms with Gasteiger partial charge >= 0.3 is 6.03 Å². The van der Waals surface area contributed by atoms with Crippen molar-refractivity contribution >= 4 is 48.1 Å². The van der Waals surface area contributed by atoms with Gasteiger partial charge in [0, 0.05) is 24.5 Å². The molecule has 0 aromatic heterocycles. The molecule has 2 rings (SSSR count).